The van der Waals surface area contributed by atoms with E-state index in [0.29, 0.717) is 18.3 Å². The molecule has 1 rings (SSSR count). The number of aromatic nitrogens is 2. The number of hydrogen-bond donors (Lipinski definition) is 2. The number of nitrogens with zero attached hydrogens (tertiary/aromatic N) is 2. The highest BCUT2D eigenvalue weighted by Crippen LogP contribution is 1.95. The van der Waals surface area contributed by atoms with Gasteiger partial charge in [0.15, 0.2) is 5.82 Å². The van der Waals surface area contributed by atoms with Gasteiger partial charge in [-0.3, -0.25) is 10.1 Å². The van der Waals surface area contributed by atoms with Crippen molar-refractivity contribution in [3.8, 4) is 0 Å². The maximum Gasteiger partial charge on any atom is 0.237 e. The minimum Gasteiger partial charge on any atom is -0.353 e. The summed E-state index contributed by atoms with van der Waals surface area (Å²) in [5.41, 5.74) is 0. The molecule has 1 aromatic heterocycles. The predicted octanol–water partition coefficient (Wildman–Crippen LogP) is 0.381. The lowest BCUT2D eigenvalue weighted by molar-refractivity contribution is -0.123. The zero-order valence-corrected chi connectivity index (χ0v) is 10.1. The van der Waals surface area contributed by atoms with Crippen LogP contribution in [0.5, 0.6) is 0 Å². The Morgan fingerprint density at radius 1 is 1.44 bits per heavy atom. The van der Waals surface area contributed by atoms with E-state index in [-0.39, 0.29) is 18.0 Å². The topological polar surface area (TPSA) is 80.0 Å². The second kappa shape index (κ2) is 5.60. The third-order valence-electron chi connectivity index (χ3n) is 1.96. The average Bonchev–Trinajstić information content (AvgIpc) is 2.59. The summed E-state index contributed by atoms with van der Waals surface area (Å²) in [6.07, 6.45) is 0. The largest absolute Gasteiger partial charge is 0.353 e. The summed E-state index contributed by atoms with van der Waals surface area (Å²) in [7, 11) is 0. The highest BCUT2D eigenvalue weighted by atomic mass is 16.5. The lowest BCUT2D eigenvalue weighted by Crippen LogP contribution is -2.44. The van der Waals surface area contributed by atoms with E-state index in [0.717, 1.165) is 0 Å². The van der Waals surface area contributed by atoms with Crippen LogP contribution in [0, 0.1) is 6.92 Å². The van der Waals surface area contributed by atoms with Crippen molar-refractivity contribution in [2.24, 2.45) is 0 Å². The summed E-state index contributed by atoms with van der Waals surface area (Å²) < 4.78 is 4.82. The van der Waals surface area contributed by atoms with Crippen molar-refractivity contribution in [1.29, 1.82) is 0 Å². The smallest absolute Gasteiger partial charge is 0.237 e. The fourth-order valence-corrected chi connectivity index (χ4v) is 1.16. The van der Waals surface area contributed by atoms with Gasteiger partial charge in [-0.1, -0.05) is 5.16 Å². The molecule has 0 fully saturated rings. The van der Waals surface area contributed by atoms with Crippen molar-refractivity contribution in [3.05, 3.63) is 11.7 Å². The third-order valence-corrected chi connectivity index (χ3v) is 1.96. The second-order valence-corrected chi connectivity index (χ2v) is 4.00. The van der Waals surface area contributed by atoms with Gasteiger partial charge < -0.3 is 9.84 Å². The molecule has 6 heteroatoms. The molecule has 0 aromatic carbocycles. The van der Waals surface area contributed by atoms with E-state index in [1.807, 2.05) is 13.8 Å². The molecule has 0 aliphatic rings. The second-order valence-electron chi connectivity index (χ2n) is 4.00. The average molecular weight is 226 g/mol. The molecular weight excluding hydrogens is 208 g/mol. The molecule has 1 unspecified atom stereocenters. The van der Waals surface area contributed by atoms with Gasteiger partial charge in [-0.25, -0.2) is 0 Å². The predicted molar refractivity (Wildman–Crippen MR) is 58.6 cm³/mol. The number of nitrogens with one attached hydrogen (secondary N) is 2. The summed E-state index contributed by atoms with van der Waals surface area (Å²) >= 11 is 0. The Morgan fingerprint density at radius 2 is 2.12 bits per heavy atom. The molecule has 0 spiro atoms. The van der Waals surface area contributed by atoms with E-state index in [4.69, 9.17) is 4.52 Å². The van der Waals surface area contributed by atoms with Crippen molar-refractivity contribution in [2.45, 2.75) is 46.3 Å². The maximum absolute atomic E-state index is 11.5. The number of carbonyl (C=O) groups excluding carboxylic acids is 1. The standard InChI is InChI=1S/C10H18N4O2/c1-6(2)12-10(15)7(3)11-5-9-13-8(4)16-14-9/h6-7,11H,5H2,1-4H3,(H,12,15). The van der Waals surface area contributed by atoms with Gasteiger partial charge in [-0.05, 0) is 20.8 Å². The van der Waals surface area contributed by atoms with Crippen molar-refractivity contribution in [2.75, 3.05) is 0 Å². The molecular formula is C10H18N4O2. The molecule has 90 valence electrons. The Labute approximate surface area is 94.8 Å². The number of amides is 1. The zero-order valence-electron chi connectivity index (χ0n) is 10.1. The first-order chi connectivity index (χ1) is 7.49. The molecule has 16 heavy (non-hydrogen) atoms. The molecule has 0 aliphatic carbocycles. The number of hydrogen-bond acceptors (Lipinski definition) is 5. The molecule has 1 heterocycles. The molecule has 0 bridgehead atoms. The first-order valence-electron chi connectivity index (χ1n) is 5.32. The van der Waals surface area contributed by atoms with Crippen molar-refractivity contribution in [3.63, 3.8) is 0 Å². The summed E-state index contributed by atoms with van der Waals surface area (Å²) in [5, 5.41) is 9.57. The fourth-order valence-electron chi connectivity index (χ4n) is 1.16. The number of carbonyl (C=O) groups is 1. The van der Waals surface area contributed by atoms with Crippen molar-refractivity contribution in [1.82, 2.24) is 20.8 Å². The number of aryl methyl sites for hydroxylation is 1. The highest BCUT2D eigenvalue weighted by molar-refractivity contribution is 5.81. The van der Waals surface area contributed by atoms with Gasteiger partial charge in [-0.2, -0.15) is 4.98 Å². The molecule has 0 saturated carbocycles. The third kappa shape index (κ3) is 3.98. The molecule has 0 saturated heterocycles. The molecule has 2 N–H and O–H groups in total. The van der Waals surface area contributed by atoms with Gasteiger partial charge >= 0.3 is 0 Å². The lowest BCUT2D eigenvalue weighted by atomic mass is 10.3. The molecule has 6 nitrogen and oxygen atoms in total. The van der Waals surface area contributed by atoms with Gasteiger partial charge in [0.05, 0.1) is 12.6 Å². The van der Waals surface area contributed by atoms with Crippen molar-refractivity contribution < 1.29 is 9.32 Å². The minimum absolute atomic E-state index is 0.0322. The van der Waals surface area contributed by atoms with Crippen LogP contribution in [0.3, 0.4) is 0 Å². The normalized spacial score (nSPS) is 12.8. The van der Waals surface area contributed by atoms with E-state index < -0.39 is 0 Å². The Hall–Kier alpha value is -1.43. The van der Waals surface area contributed by atoms with Crippen LogP contribution in [0.2, 0.25) is 0 Å². The van der Waals surface area contributed by atoms with Gasteiger partial charge in [0, 0.05) is 13.0 Å². The van der Waals surface area contributed by atoms with Crippen LogP contribution in [0.15, 0.2) is 4.52 Å². The summed E-state index contributed by atoms with van der Waals surface area (Å²) in [6.45, 7) is 7.79. The first kappa shape index (κ1) is 12.6. The number of rotatable bonds is 5. The quantitative estimate of drug-likeness (QED) is 0.758. The summed E-state index contributed by atoms with van der Waals surface area (Å²) in [4.78, 5) is 15.6. The van der Waals surface area contributed by atoms with Crippen LogP contribution >= 0.6 is 0 Å². The van der Waals surface area contributed by atoms with Gasteiger partial charge in [0.25, 0.3) is 0 Å². The lowest BCUT2D eigenvalue weighted by Gasteiger charge is -2.14. The zero-order chi connectivity index (χ0) is 12.1. The summed E-state index contributed by atoms with van der Waals surface area (Å²) in [5.74, 6) is 1.05. The van der Waals surface area contributed by atoms with Gasteiger partial charge in [0.1, 0.15) is 0 Å². The van der Waals surface area contributed by atoms with Gasteiger partial charge in [-0.15, -0.1) is 0 Å². The van der Waals surface area contributed by atoms with Crippen LogP contribution in [-0.4, -0.2) is 28.1 Å². The Morgan fingerprint density at radius 3 is 2.62 bits per heavy atom. The molecule has 0 radical (unpaired) electrons. The highest BCUT2D eigenvalue weighted by Gasteiger charge is 2.13. The Kier molecular flexibility index (Phi) is 4.42. The molecule has 0 aliphatic heterocycles. The van der Waals surface area contributed by atoms with Gasteiger partial charge in [0.2, 0.25) is 11.8 Å². The minimum atomic E-state index is -0.277. The van der Waals surface area contributed by atoms with E-state index in [1.54, 1.807) is 13.8 Å². The van der Waals surface area contributed by atoms with Crippen LogP contribution in [0.25, 0.3) is 0 Å². The van der Waals surface area contributed by atoms with Crippen LogP contribution in [0.1, 0.15) is 32.5 Å². The first-order valence-corrected chi connectivity index (χ1v) is 5.32. The summed E-state index contributed by atoms with van der Waals surface area (Å²) in [6, 6.07) is -0.134. The van der Waals surface area contributed by atoms with Crippen LogP contribution in [0.4, 0.5) is 0 Å². The van der Waals surface area contributed by atoms with Crippen LogP contribution in [-0.2, 0) is 11.3 Å². The molecule has 1 amide bonds. The van der Waals surface area contributed by atoms with E-state index in [9.17, 15) is 4.79 Å². The Balaban J connectivity index is 2.34. The monoisotopic (exact) mass is 226 g/mol. The Bertz CT molecular complexity index is 348. The van der Waals surface area contributed by atoms with E-state index in [2.05, 4.69) is 20.8 Å². The van der Waals surface area contributed by atoms with Crippen LogP contribution < -0.4 is 10.6 Å². The maximum atomic E-state index is 11.5. The molecule has 1 aromatic rings. The van der Waals surface area contributed by atoms with E-state index in [1.165, 1.54) is 0 Å². The fraction of sp³-hybridized carbons (Fsp3) is 0.700. The molecule has 1 atom stereocenters. The SMILES string of the molecule is Cc1nc(CNC(C)C(=O)NC(C)C)no1. The van der Waals surface area contributed by atoms with Crippen molar-refractivity contribution >= 4 is 5.91 Å². The van der Waals surface area contributed by atoms with E-state index >= 15 is 0 Å².